The first-order valence-corrected chi connectivity index (χ1v) is 5.57. The Hall–Kier alpha value is -0.120. The minimum atomic E-state index is 0.484. The maximum absolute atomic E-state index is 5.25. The van der Waals surface area contributed by atoms with Crippen molar-refractivity contribution in [1.82, 2.24) is 5.32 Å². The second-order valence-electron chi connectivity index (χ2n) is 4.13. The monoisotopic (exact) mass is 201 g/mol. The molecule has 0 amide bonds. The molecule has 0 bridgehead atoms. The summed E-state index contributed by atoms with van der Waals surface area (Å²) < 4.78 is 10.4. The molecule has 1 saturated carbocycles. The molecule has 1 N–H and O–H groups in total. The second-order valence-corrected chi connectivity index (χ2v) is 4.13. The van der Waals surface area contributed by atoms with Gasteiger partial charge in [0.2, 0.25) is 0 Å². The first-order valence-electron chi connectivity index (χ1n) is 5.57. The first kappa shape index (κ1) is 12.0. The summed E-state index contributed by atoms with van der Waals surface area (Å²) in [5.74, 6) is 0. The molecule has 0 aromatic rings. The highest BCUT2D eigenvalue weighted by Gasteiger charge is 2.30. The Labute approximate surface area is 87.2 Å². The van der Waals surface area contributed by atoms with Crippen molar-refractivity contribution in [2.75, 3.05) is 20.8 Å². The van der Waals surface area contributed by atoms with E-state index in [4.69, 9.17) is 9.47 Å². The van der Waals surface area contributed by atoms with Crippen LogP contribution in [-0.2, 0) is 9.47 Å². The van der Waals surface area contributed by atoms with Gasteiger partial charge in [0, 0.05) is 26.3 Å². The van der Waals surface area contributed by atoms with Gasteiger partial charge in [-0.15, -0.1) is 0 Å². The molecule has 1 atom stereocenters. The molecule has 84 valence electrons. The van der Waals surface area contributed by atoms with E-state index >= 15 is 0 Å². The molecule has 1 aliphatic rings. The van der Waals surface area contributed by atoms with Crippen LogP contribution in [0.4, 0.5) is 0 Å². The predicted octanol–water partition coefficient (Wildman–Crippen LogP) is 1.57. The molecular formula is C11H23NO2. The van der Waals surface area contributed by atoms with Crippen molar-refractivity contribution in [3.63, 3.8) is 0 Å². The van der Waals surface area contributed by atoms with Crippen molar-refractivity contribution in [2.24, 2.45) is 0 Å². The quantitative estimate of drug-likeness (QED) is 0.678. The molecule has 0 aromatic heterocycles. The fraction of sp³-hybridized carbons (Fsp3) is 1.00. The van der Waals surface area contributed by atoms with Crippen LogP contribution in [0.2, 0.25) is 0 Å². The van der Waals surface area contributed by atoms with E-state index in [1.807, 2.05) is 0 Å². The number of hydrogen-bond acceptors (Lipinski definition) is 3. The first-order chi connectivity index (χ1) is 6.80. The summed E-state index contributed by atoms with van der Waals surface area (Å²) in [6.07, 6.45) is 5.20. The topological polar surface area (TPSA) is 30.5 Å². The van der Waals surface area contributed by atoms with Crippen molar-refractivity contribution in [2.45, 2.75) is 50.8 Å². The van der Waals surface area contributed by atoms with E-state index in [1.54, 1.807) is 14.2 Å². The molecule has 14 heavy (non-hydrogen) atoms. The van der Waals surface area contributed by atoms with E-state index in [0.29, 0.717) is 18.2 Å². The van der Waals surface area contributed by atoms with Gasteiger partial charge in [-0.3, -0.25) is 0 Å². The Balaban J connectivity index is 2.13. The molecule has 3 heteroatoms. The minimum absolute atomic E-state index is 0.484. The molecule has 1 unspecified atom stereocenters. The van der Waals surface area contributed by atoms with Crippen molar-refractivity contribution in [3.8, 4) is 0 Å². The lowest BCUT2D eigenvalue weighted by Gasteiger charge is -2.37. The third-order valence-corrected chi connectivity index (χ3v) is 2.90. The van der Waals surface area contributed by atoms with Gasteiger partial charge in [-0.1, -0.05) is 13.3 Å². The van der Waals surface area contributed by atoms with Crippen LogP contribution in [0.15, 0.2) is 0 Å². The molecule has 1 fully saturated rings. The van der Waals surface area contributed by atoms with Crippen LogP contribution < -0.4 is 5.32 Å². The van der Waals surface area contributed by atoms with Gasteiger partial charge in [-0.05, 0) is 19.3 Å². The standard InChI is InChI=1S/C11H23NO2/c1-4-5-9(8-13-2)12-10-6-11(7-10)14-3/h9-12H,4-8H2,1-3H3. The number of methoxy groups -OCH3 is 2. The fourth-order valence-corrected chi connectivity index (χ4v) is 1.99. The molecule has 0 aliphatic heterocycles. The highest BCUT2D eigenvalue weighted by Crippen LogP contribution is 2.23. The molecule has 0 spiro atoms. The Bertz CT molecular complexity index is 140. The van der Waals surface area contributed by atoms with Gasteiger partial charge in [0.25, 0.3) is 0 Å². The average molecular weight is 201 g/mol. The number of hydrogen-bond donors (Lipinski definition) is 1. The van der Waals surface area contributed by atoms with Crippen LogP contribution in [0.25, 0.3) is 0 Å². The van der Waals surface area contributed by atoms with E-state index in [2.05, 4.69) is 12.2 Å². The maximum Gasteiger partial charge on any atom is 0.0615 e. The Morgan fingerprint density at radius 3 is 2.57 bits per heavy atom. The van der Waals surface area contributed by atoms with Crippen LogP contribution in [0, 0.1) is 0 Å². The van der Waals surface area contributed by atoms with E-state index in [0.717, 1.165) is 19.4 Å². The van der Waals surface area contributed by atoms with Crippen LogP contribution in [0.1, 0.15) is 32.6 Å². The highest BCUT2D eigenvalue weighted by molar-refractivity contribution is 4.88. The van der Waals surface area contributed by atoms with Crippen LogP contribution in [-0.4, -0.2) is 39.0 Å². The zero-order valence-electron chi connectivity index (χ0n) is 9.58. The van der Waals surface area contributed by atoms with Gasteiger partial charge < -0.3 is 14.8 Å². The van der Waals surface area contributed by atoms with E-state index in [1.165, 1.54) is 12.8 Å². The number of nitrogens with one attached hydrogen (secondary N) is 1. The highest BCUT2D eigenvalue weighted by atomic mass is 16.5. The van der Waals surface area contributed by atoms with Gasteiger partial charge in [0.15, 0.2) is 0 Å². The smallest absolute Gasteiger partial charge is 0.0615 e. The second kappa shape index (κ2) is 6.38. The molecule has 0 radical (unpaired) electrons. The van der Waals surface area contributed by atoms with E-state index in [-0.39, 0.29) is 0 Å². The lowest BCUT2D eigenvalue weighted by molar-refractivity contribution is 0.0100. The lowest BCUT2D eigenvalue weighted by atomic mass is 9.88. The lowest BCUT2D eigenvalue weighted by Crippen LogP contribution is -2.50. The minimum Gasteiger partial charge on any atom is -0.383 e. The third kappa shape index (κ3) is 3.56. The number of ether oxygens (including phenoxy) is 2. The molecule has 0 aromatic carbocycles. The molecule has 1 aliphatic carbocycles. The van der Waals surface area contributed by atoms with Crippen molar-refractivity contribution in [1.29, 1.82) is 0 Å². The summed E-state index contributed by atoms with van der Waals surface area (Å²) in [4.78, 5) is 0. The van der Waals surface area contributed by atoms with Crippen LogP contribution in [0.3, 0.4) is 0 Å². The average Bonchev–Trinajstić information content (AvgIpc) is 2.11. The van der Waals surface area contributed by atoms with Crippen molar-refractivity contribution < 1.29 is 9.47 Å². The Morgan fingerprint density at radius 2 is 2.07 bits per heavy atom. The molecule has 3 nitrogen and oxygen atoms in total. The van der Waals surface area contributed by atoms with Gasteiger partial charge in [-0.25, -0.2) is 0 Å². The largest absolute Gasteiger partial charge is 0.383 e. The summed E-state index contributed by atoms with van der Waals surface area (Å²) in [6, 6.07) is 1.17. The van der Waals surface area contributed by atoms with Gasteiger partial charge in [0.1, 0.15) is 0 Å². The summed E-state index contributed by atoms with van der Waals surface area (Å²) in [5.41, 5.74) is 0. The summed E-state index contributed by atoms with van der Waals surface area (Å²) in [5, 5.41) is 3.61. The summed E-state index contributed by atoms with van der Waals surface area (Å²) in [6.45, 7) is 3.03. The summed E-state index contributed by atoms with van der Waals surface area (Å²) >= 11 is 0. The third-order valence-electron chi connectivity index (χ3n) is 2.90. The molecule has 0 saturated heterocycles. The maximum atomic E-state index is 5.25. The van der Waals surface area contributed by atoms with Crippen LogP contribution >= 0.6 is 0 Å². The molecule has 0 heterocycles. The van der Waals surface area contributed by atoms with Gasteiger partial charge >= 0.3 is 0 Å². The Kier molecular flexibility index (Phi) is 5.45. The fourth-order valence-electron chi connectivity index (χ4n) is 1.99. The Morgan fingerprint density at radius 1 is 1.36 bits per heavy atom. The molecule has 1 rings (SSSR count). The van der Waals surface area contributed by atoms with E-state index < -0.39 is 0 Å². The zero-order valence-corrected chi connectivity index (χ0v) is 9.58. The van der Waals surface area contributed by atoms with Gasteiger partial charge in [0.05, 0.1) is 12.7 Å². The van der Waals surface area contributed by atoms with Crippen molar-refractivity contribution in [3.05, 3.63) is 0 Å². The SMILES string of the molecule is CCCC(COC)NC1CC(OC)C1. The molecular weight excluding hydrogens is 178 g/mol. The van der Waals surface area contributed by atoms with Crippen LogP contribution in [0.5, 0.6) is 0 Å². The van der Waals surface area contributed by atoms with Gasteiger partial charge in [-0.2, -0.15) is 0 Å². The van der Waals surface area contributed by atoms with E-state index in [9.17, 15) is 0 Å². The van der Waals surface area contributed by atoms with Crippen molar-refractivity contribution >= 4 is 0 Å². The normalized spacial score (nSPS) is 28.5. The predicted molar refractivity (Wildman–Crippen MR) is 57.5 cm³/mol. The summed E-state index contributed by atoms with van der Waals surface area (Å²) in [7, 11) is 3.56. The zero-order chi connectivity index (χ0) is 10.4. The number of rotatable bonds is 7.